The molecule has 0 bridgehead atoms. The van der Waals surface area contributed by atoms with Gasteiger partial charge in [0.05, 0.1) is 6.54 Å². The van der Waals surface area contributed by atoms with E-state index < -0.39 is 0 Å². The fourth-order valence-corrected chi connectivity index (χ4v) is 3.43. The molecule has 8 heteroatoms. The molecule has 2 aromatic carbocycles. The van der Waals surface area contributed by atoms with Gasteiger partial charge >= 0.3 is 0 Å². The summed E-state index contributed by atoms with van der Waals surface area (Å²) < 4.78 is 13.2. The van der Waals surface area contributed by atoms with E-state index in [0.717, 1.165) is 24.3 Å². The van der Waals surface area contributed by atoms with Crippen LogP contribution in [0.2, 0.25) is 5.02 Å². The Labute approximate surface area is 174 Å². The normalized spacial score (nSPS) is 14.6. The molecular formula is C20H22ClFN4OS. The van der Waals surface area contributed by atoms with Crippen LogP contribution in [0.3, 0.4) is 0 Å². The Bertz CT molecular complexity index is 871. The van der Waals surface area contributed by atoms with Crippen LogP contribution in [0.4, 0.5) is 15.8 Å². The summed E-state index contributed by atoms with van der Waals surface area (Å²) in [4.78, 5) is 16.3. The second kappa shape index (κ2) is 9.32. The minimum Gasteiger partial charge on any atom is -0.346 e. The number of nitrogens with one attached hydrogen (secondary N) is 2. The molecular weight excluding hydrogens is 399 g/mol. The van der Waals surface area contributed by atoms with Crippen molar-refractivity contribution in [3.8, 4) is 0 Å². The number of thiocarbonyl (C=S) groups is 1. The second-order valence-electron chi connectivity index (χ2n) is 6.72. The largest absolute Gasteiger partial charge is 0.346 e. The van der Waals surface area contributed by atoms with Crippen LogP contribution < -0.4 is 10.6 Å². The van der Waals surface area contributed by atoms with E-state index in [2.05, 4.69) is 20.4 Å². The first kappa shape index (κ1) is 20.5. The van der Waals surface area contributed by atoms with Crippen molar-refractivity contribution in [1.29, 1.82) is 0 Å². The van der Waals surface area contributed by atoms with Gasteiger partial charge in [-0.15, -0.1) is 0 Å². The Balaban J connectivity index is 1.45. The topological polar surface area (TPSA) is 47.6 Å². The molecule has 0 atom stereocenters. The first-order valence-corrected chi connectivity index (χ1v) is 9.79. The number of hydrogen-bond acceptors (Lipinski definition) is 3. The van der Waals surface area contributed by atoms with E-state index in [0.29, 0.717) is 28.9 Å². The molecule has 2 aromatic rings. The van der Waals surface area contributed by atoms with Crippen molar-refractivity contribution in [3.63, 3.8) is 0 Å². The van der Waals surface area contributed by atoms with E-state index in [1.54, 1.807) is 12.1 Å². The van der Waals surface area contributed by atoms with Gasteiger partial charge in [0.1, 0.15) is 5.82 Å². The maximum absolute atomic E-state index is 13.2. The quantitative estimate of drug-likeness (QED) is 0.738. The van der Waals surface area contributed by atoms with Crippen LogP contribution in [0, 0.1) is 12.7 Å². The predicted octanol–water partition coefficient (Wildman–Crippen LogP) is 3.74. The highest BCUT2D eigenvalue weighted by atomic mass is 35.5. The maximum Gasteiger partial charge on any atom is 0.238 e. The molecule has 5 nitrogen and oxygen atoms in total. The average molecular weight is 421 g/mol. The average Bonchev–Trinajstić information content (AvgIpc) is 2.65. The molecule has 1 heterocycles. The summed E-state index contributed by atoms with van der Waals surface area (Å²) in [5, 5.41) is 7.27. The first-order valence-electron chi connectivity index (χ1n) is 9.00. The third-order valence-electron chi connectivity index (χ3n) is 4.56. The third kappa shape index (κ3) is 5.64. The van der Waals surface area contributed by atoms with Gasteiger partial charge in [-0.3, -0.25) is 9.69 Å². The number of hydrogen-bond donors (Lipinski definition) is 2. The molecule has 148 valence electrons. The summed E-state index contributed by atoms with van der Waals surface area (Å²) in [5.74, 6) is -0.531. The maximum atomic E-state index is 13.2. The SMILES string of the molecule is Cc1ccc(NC(=S)N2CCN(CC(=O)Nc3cccc(F)c3)CC2)cc1Cl. The van der Waals surface area contributed by atoms with Crippen molar-refractivity contribution in [3.05, 3.63) is 58.9 Å². The van der Waals surface area contributed by atoms with Crippen LogP contribution in [-0.4, -0.2) is 53.5 Å². The Morgan fingerprint density at radius 3 is 2.50 bits per heavy atom. The first-order chi connectivity index (χ1) is 13.4. The summed E-state index contributed by atoms with van der Waals surface area (Å²) in [6.07, 6.45) is 0. The fourth-order valence-electron chi connectivity index (χ4n) is 2.95. The summed E-state index contributed by atoms with van der Waals surface area (Å²) >= 11 is 11.7. The number of piperazine rings is 1. The summed E-state index contributed by atoms with van der Waals surface area (Å²) in [7, 11) is 0. The molecule has 1 saturated heterocycles. The molecule has 1 amide bonds. The molecule has 0 aliphatic carbocycles. The van der Waals surface area contributed by atoms with Gasteiger partial charge in [-0.05, 0) is 55.0 Å². The lowest BCUT2D eigenvalue weighted by molar-refractivity contribution is -0.117. The molecule has 0 aromatic heterocycles. The molecule has 2 N–H and O–H groups in total. The van der Waals surface area contributed by atoms with Gasteiger partial charge in [0.15, 0.2) is 5.11 Å². The number of anilines is 2. The van der Waals surface area contributed by atoms with Crippen LogP contribution in [-0.2, 0) is 4.79 Å². The zero-order chi connectivity index (χ0) is 20.1. The number of rotatable bonds is 4. The van der Waals surface area contributed by atoms with Gasteiger partial charge < -0.3 is 15.5 Å². The number of nitrogens with zero attached hydrogens (tertiary/aromatic N) is 2. The van der Waals surface area contributed by atoms with Gasteiger partial charge in [0.2, 0.25) is 5.91 Å². The van der Waals surface area contributed by atoms with Gasteiger partial charge in [-0.25, -0.2) is 4.39 Å². The van der Waals surface area contributed by atoms with Crippen molar-refractivity contribution in [2.75, 3.05) is 43.4 Å². The predicted molar refractivity (Wildman–Crippen MR) is 115 cm³/mol. The number of aryl methyl sites for hydroxylation is 1. The summed E-state index contributed by atoms with van der Waals surface area (Å²) in [5.41, 5.74) is 2.34. The third-order valence-corrected chi connectivity index (χ3v) is 5.33. The van der Waals surface area contributed by atoms with E-state index >= 15 is 0 Å². The smallest absolute Gasteiger partial charge is 0.238 e. The molecule has 0 saturated carbocycles. The molecule has 1 fully saturated rings. The number of benzene rings is 2. The Kier molecular flexibility index (Phi) is 6.83. The van der Waals surface area contributed by atoms with Crippen molar-refractivity contribution in [2.45, 2.75) is 6.92 Å². The highest BCUT2D eigenvalue weighted by Gasteiger charge is 2.21. The van der Waals surface area contributed by atoms with Crippen LogP contribution in [0.5, 0.6) is 0 Å². The molecule has 1 aliphatic heterocycles. The highest BCUT2D eigenvalue weighted by Crippen LogP contribution is 2.20. The minimum absolute atomic E-state index is 0.158. The monoisotopic (exact) mass is 420 g/mol. The van der Waals surface area contributed by atoms with E-state index in [4.69, 9.17) is 23.8 Å². The van der Waals surface area contributed by atoms with Gasteiger partial charge in [-0.2, -0.15) is 0 Å². The molecule has 28 heavy (non-hydrogen) atoms. The van der Waals surface area contributed by atoms with Gasteiger partial charge in [0, 0.05) is 42.6 Å². The van der Waals surface area contributed by atoms with Crippen LogP contribution in [0.1, 0.15) is 5.56 Å². The van der Waals surface area contributed by atoms with E-state index in [1.165, 1.54) is 12.1 Å². The second-order valence-corrected chi connectivity index (χ2v) is 7.51. The van der Waals surface area contributed by atoms with Crippen molar-refractivity contribution in [2.24, 2.45) is 0 Å². The lowest BCUT2D eigenvalue weighted by atomic mass is 10.2. The van der Waals surface area contributed by atoms with Crippen molar-refractivity contribution >= 4 is 46.2 Å². The number of carbonyl (C=O) groups is 1. The Morgan fingerprint density at radius 1 is 1.11 bits per heavy atom. The van der Waals surface area contributed by atoms with Crippen molar-refractivity contribution in [1.82, 2.24) is 9.80 Å². The van der Waals surface area contributed by atoms with E-state index in [1.807, 2.05) is 25.1 Å². The standard InChI is InChI=1S/C20H22ClFN4OS/c1-14-5-6-17(12-18(14)21)24-20(28)26-9-7-25(8-10-26)13-19(27)23-16-4-2-3-15(22)11-16/h2-6,11-12H,7-10,13H2,1H3,(H,23,27)(H,24,28). The van der Waals surface area contributed by atoms with Crippen LogP contribution >= 0.6 is 23.8 Å². The number of carbonyl (C=O) groups excluding carboxylic acids is 1. The van der Waals surface area contributed by atoms with Crippen LogP contribution in [0.15, 0.2) is 42.5 Å². The van der Waals surface area contributed by atoms with Crippen LogP contribution in [0.25, 0.3) is 0 Å². The zero-order valence-electron chi connectivity index (χ0n) is 15.5. The summed E-state index contributed by atoms with van der Waals surface area (Å²) in [6, 6.07) is 11.6. The highest BCUT2D eigenvalue weighted by molar-refractivity contribution is 7.80. The minimum atomic E-state index is -0.373. The van der Waals surface area contributed by atoms with E-state index in [-0.39, 0.29) is 18.3 Å². The summed E-state index contributed by atoms with van der Waals surface area (Å²) in [6.45, 7) is 5.09. The number of halogens is 2. The van der Waals surface area contributed by atoms with Crippen molar-refractivity contribution < 1.29 is 9.18 Å². The van der Waals surface area contributed by atoms with Gasteiger partial charge in [-0.1, -0.05) is 23.7 Å². The van der Waals surface area contributed by atoms with E-state index in [9.17, 15) is 9.18 Å². The Morgan fingerprint density at radius 2 is 1.82 bits per heavy atom. The Hall–Kier alpha value is -2.22. The lowest BCUT2D eigenvalue weighted by Gasteiger charge is -2.35. The molecule has 0 spiro atoms. The zero-order valence-corrected chi connectivity index (χ0v) is 17.1. The number of amides is 1. The molecule has 0 unspecified atom stereocenters. The fraction of sp³-hybridized carbons (Fsp3) is 0.300. The molecule has 0 radical (unpaired) electrons. The molecule has 3 rings (SSSR count). The van der Waals surface area contributed by atoms with Gasteiger partial charge in [0.25, 0.3) is 0 Å². The molecule has 1 aliphatic rings. The lowest BCUT2D eigenvalue weighted by Crippen LogP contribution is -2.51.